The predicted molar refractivity (Wildman–Crippen MR) is 91.9 cm³/mol. The molecule has 2 heterocycles. The first-order valence-electron chi connectivity index (χ1n) is 9.10. The molecular weight excluding hydrogens is 320 g/mol. The third kappa shape index (κ3) is 4.54. The largest absolute Gasteiger partial charge is 0.368 e. The summed E-state index contributed by atoms with van der Waals surface area (Å²) < 4.78 is 5.86. The summed E-state index contributed by atoms with van der Waals surface area (Å²) >= 11 is 0. The zero-order valence-electron chi connectivity index (χ0n) is 14.8. The number of ether oxygens (including phenoxy) is 1. The normalized spacial score (nSPS) is 24.2. The molecule has 0 N–H and O–H groups in total. The van der Waals surface area contributed by atoms with Crippen LogP contribution >= 0.6 is 0 Å². The van der Waals surface area contributed by atoms with Gasteiger partial charge in [-0.1, -0.05) is 19.8 Å². The lowest BCUT2D eigenvalue weighted by Crippen LogP contribution is -2.51. The molecule has 2 amide bonds. The molecule has 0 unspecified atom stereocenters. The first-order chi connectivity index (χ1) is 12.1. The van der Waals surface area contributed by atoms with Gasteiger partial charge in [-0.3, -0.25) is 14.6 Å². The van der Waals surface area contributed by atoms with E-state index in [1.165, 1.54) is 31.7 Å². The Morgan fingerprint density at radius 2 is 1.84 bits per heavy atom. The zero-order chi connectivity index (χ0) is 17.6. The molecule has 25 heavy (non-hydrogen) atoms. The van der Waals surface area contributed by atoms with Crippen LogP contribution in [0.2, 0.25) is 0 Å². The summed E-state index contributed by atoms with van der Waals surface area (Å²) in [5.74, 6) is 0.417. The Morgan fingerprint density at radius 3 is 2.52 bits per heavy atom. The average Bonchev–Trinajstić information content (AvgIpc) is 2.67. The van der Waals surface area contributed by atoms with E-state index in [0.717, 1.165) is 6.42 Å². The lowest BCUT2D eigenvalue weighted by molar-refractivity contribution is -0.141. The number of rotatable bonds is 4. The molecule has 1 saturated heterocycles. The summed E-state index contributed by atoms with van der Waals surface area (Å²) in [7, 11) is 0. The second-order valence-corrected chi connectivity index (χ2v) is 6.87. The summed E-state index contributed by atoms with van der Waals surface area (Å²) in [6, 6.07) is 0. The van der Waals surface area contributed by atoms with Gasteiger partial charge in [-0.05, 0) is 18.8 Å². The van der Waals surface area contributed by atoms with Crippen molar-refractivity contribution in [3.05, 3.63) is 24.3 Å². The predicted octanol–water partition coefficient (Wildman–Crippen LogP) is 1.36. The van der Waals surface area contributed by atoms with Crippen molar-refractivity contribution in [1.29, 1.82) is 0 Å². The van der Waals surface area contributed by atoms with Crippen LogP contribution in [0.4, 0.5) is 0 Å². The molecule has 3 rings (SSSR count). The molecule has 0 spiro atoms. The molecule has 2 aliphatic rings. The van der Waals surface area contributed by atoms with E-state index in [1.807, 2.05) is 0 Å². The van der Waals surface area contributed by atoms with E-state index in [0.29, 0.717) is 37.8 Å². The van der Waals surface area contributed by atoms with Crippen LogP contribution in [0.5, 0.6) is 0 Å². The highest BCUT2D eigenvalue weighted by Gasteiger charge is 2.27. The second kappa shape index (κ2) is 8.38. The van der Waals surface area contributed by atoms with E-state index in [2.05, 4.69) is 16.9 Å². The molecule has 7 nitrogen and oxygen atoms in total. The van der Waals surface area contributed by atoms with Crippen LogP contribution in [0.1, 0.15) is 43.1 Å². The van der Waals surface area contributed by atoms with Crippen molar-refractivity contribution in [3.63, 3.8) is 0 Å². The van der Waals surface area contributed by atoms with Crippen molar-refractivity contribution < 1.29 is 14.3 Å². The van der Waals surface area contributed by atoms with Gasteiger partial charge in [0.15, 0.2) is 0 Å². The van der Waals surface area contributed by atoms with Crippen molar-refractivity contribution in [2.24, 2.45) is 5.92 Å². The fraction of sp³-hybridized carbons (Fsp3) is 0.667. The van der Waals surface area contributed by atoms with Gasteiger partial charge in [-0.2, -0.15) is 0 Å². The van der Waals surface area contributed by atoms with E-state index >= 15 is 0 Å². The van der Waals surface area contributed by atoms with Crippen LogP contribution in [-0.2, 0) is 9.53 Å². The van der Waals surface area contributed by atoms with E-state index in [4.69, 9.17) is 4.74 Å². The molecule has 0 radical (unpaired) electrons. The smallest absolute Gasteiger partial charge is 0.274 e. The molecule has 1 aliphatic carbocycles. The minimum absolute atomic E-state index is 0.0179. The molecule has 7 heteroatoms. The number of carbonyl (C=O) groups excluding carboxylic acids is 2. The van der Waals surface area contributed by atoms with Crippen molar-refractivity contribution in [3.8, 4) is 0 Å². The van der Waals surface area contributed by atoms with E-state index in [9.17, 15) is 9.59 Å². The highest BCUT2D eigenvalue weighted by atomic mass is 16.5. The van der Waals surface area contributed by atoms with Gasteiger partial charge in [-0.15, -0.1) is 0 Å². The molecule has 136 valence electrons. The maximum Gasteiger partial charge on any atom is 0.274 e. The van der Waals surface area contributed by atoms with Gasteiger partial charge in [-0.25, -0.2) is 4.98 Å². The minimum Gasteiger partial charge on any atom is -0.368 e. The Kier molecular flexibility index (Phi) is 5.96. The summed E-state index contributed by atoms with van der Waals surface area (Å²) in [5.41, 5.74) is 0.344. The van der Waals surface area contributed by atoms with E-state index in [-0.39, 0.29) is 24.5 Å². The van der Waals surface area contributed by atoms with E-state index in [1.54, 1.807) is 16.0 Å². The molecule has 0 bridgehead atoms. The van der Waals surface area contributed by atoms with Crippen molar-refractivity contribution in [1.82, 2.24) is 19.8 Å². The van der Waals surface area contributed by atoms with Gasteiger partial charge in [0.25, 0.3) is 5.91 Å². The van der Waals surface area contributed by atoms with Gasteiger partial charge in [0, 0.05) is 38.6 Å². The Bertz CT molecular complexity index is 587. The Labute approximate surface area is 148 Å². The summed E-state index contributed by atoms with van der Waals surface area (Å²) in [5, 5.41) is 0. The number of nitrogens with zero attached hydrogens (tertiary/aromatic N) is 4. The molecule has 2 atom stereocenters. The topological polar surface area (TPSA) is 75.6 Å². The molecule has 0 aromatic carbocycles. The van der Waals surface area contributed by atoms with Gasteiger partial charge >= 0.3 is 0 Å². The average molecular weight is 346 g/mol. The first kappa shape index (κ1) is 17.8. The van der Waals surface area contributed by atoms with Gasteiger partial charge in [0.1, 0.15) is 12.3 Å². The Hall–Kier alpha value is -2.02. The summed E-state index contributed by atoms with van der Waals surface area (Å²) in [4.78, 5) is 36.2. The minimum atomic E-state index is -0.132. The van der Waals surface area contributed by atoms with Gasteiger partial charge < -0.3 is 14.5 Å². The third-order valence-corrected chi connectivity index (χ3v) is 5.16. The SMILES string of the molecule is C[C@H]1CCCC[C@@H]1OCC(=O)N1CCN(C(=O)c2cnccn2)CC1. The standard InChI is InChI=1S/C18H26N4O3/c1-14-4-2-3-5-16(14)25-13-17(23)21-8-10-22(11-9-21)18(24)15-12-19-6-7-20-15/h6-7,12,14,16H,2-5,8-11,13H2,1H3/t14-,16-/m0/s1. The number of carbonyl (C=O) groups is 2. The fourth-order valence-electron chi connectivity index (χ4n) is 3.53. The number of aromatic nitrogens is 2. The van der Waals surface area contributed by atoms with Crippen LogP contribution in [0.15, 0.2) is 18.6 Å². The lowest BCUT2D eigenvalue weighted by atomic mass is 9.88. The monoisotopic (exact) mass is 346 g/mol. The third-order valence-electron chi connectivity index (χ3n) is 5.16. The first-order valence-corrected chi connectivity index (χ1v) is 9.10. The van der Waals surface area contributed by atoms with Crippen LogP contribution in [0.3, 0.4) is 0 Å². The second-order valence-electron chi connectivity index (χ2n) is 6.87. The Morgan fingerprint density at radius 1 is 1.12 bits per heavy atom. The van der Waals surface area contributed by atoms with Crippen LogP contribution in [0, 0.1) is 5.92 Å². The maximum absolute atomic E-state index is 12.4. The molecule has 1 saturated carbocycles. The molecule has 2 fully saturated rings. The molecule has 1 aromatic rings. The number of hydrogen-bond acceptors (Lipinski definition) is 5. The van der Waals surface area contributed by atoms with Crippen molar-refractivity contribution in [2.75, 3.05) is 32.8 Å². The number of amides is 2. The van der Waals surface area contributed by atoms with Crippen molar-refractivity contribution >= 4 is 11.8 Å². The zero-order valence-corrected chi connectivity index (χ0v) is 14.8. The van der Waals surface area contributed by atoms with E-state index < -0.39 is 0 Å². The molecular formula is C18H26N4O3. The Balaban J connectivity index is 1.44. The quantitative estimate of drug-likeness (QED) is 0.823. The maximum atomic E-state index is 12.4. The van der Waals surface area contributed by atoms with Crippen LogP contribution in [0.25, 0.3) is 0 Å². The summed E-state index contributed by atoms with van der Waals surface area (Å²) in [6.45, 7) is 4.45. The molecule has 1 aliphatic heterocycles. The van der Waals surface area contributed by atoms with Gasteiger partial charge in [0.2, 0.25) is 5.91 Å². The fourth-order valence-corrected chi connectivity index (χ4v) is 3.53. The summed E-state index contributed by atoms with van der Waals surface area (Å²) in [6.07, 6.45) is 9.41. The van der Waals surface area contributed by atoms with Crippen molar-refractivity contribution in [2.45, 2.75) is 38.7 Å². The molecule has 1 aromatic heterocycles. The van der Waals surface area contributed by atoms with Gasteiger partial charge in [0.05, 0.1) is 12.3 Å². The number of piperazine rings is 1. The van der Waals surface area contributed by atoms with Crippen LogP contribution in [-0.4, -0.2) is 70.5 Å². The van der Waals surface area contributed by atoms with Crippen LogP contribution < -0.4 is 0 Å². The number of hydrogen-bond donors (Lipinski definition) is 0. The lowest BCUT2D eigenvalue weighted by Gasteiger charge is -2.35. The highest BCUT2D eigenvalue weighted by molar-refractivity contribution is 5.92. The highest BCUT2D eigenvalue weighted by Crippen LogP contribution is 2.26.